The Morgan fingerprint density at radius 1 is 0.944 bits per heavy atom. The van der Waals surface area contributed by atoms with Gasteiger partial charge in [0, 0.05) is 43.1 Å². The van der Waals surface area contributed by atoms with Gasteiger partial charge in [0.15, 0.2) is 6.10 Å². The van der Waals surface area contributed by atoms with Crippen LogP contribution >= 0.6 is 0 Å². The molecule has 3 rings (SSSR count). The fourth-order valence-electron chi connectivity index (χ4n) is 3.63. The van der Waals surface area contributed by atoms with Crippen LogP contribution in [0.15, 0.2) is 48.5 Å². The van der Waals surface area contributed by atoms with Crippen LogP contribution in [0.4, 0.5) is 16.2 Å². The molecule has 9 nitrogen and oxygen atoms in total. The van der Waals surface area contributed by atoms with E-state index in [0.717, 1.165) is 5.69 Å². The van der Waals surface area contributed by atoms with E-state index in [1.807, 2.05) is 32.9 Å². The smallest absolute Gasteiger partial charge is 0.410 e. The van der Waals surface area contributed by atoms with Crippen LogP contribution in [0.2, 0.25) is 0 Å². The standard InChI is InChI=1S/C27H35N3O6/c1-6-34-25(32)19(2)35-23-13-9-21(10-14-23)28-24(31)20-7-11-22(12-8-20)29-15-17-30(18-16-29)26(33)36-27(3,4)5/h7-14,19H,6,15-18H2,1-5H3,(H,28,31). The molecule has 1 heterocycles. The van der Waals surface area contributed by atoms with Crippen LogP contribution in [0.3, 0.4) is 0 Å². The minimum atomic E-state index is -0.718. The predicted octanol–water partition coefficient (Wildman–Crippen LogP) is 4.33. The Balaban J connectivity index is 1.50. The van der Waals surface area contributed by atoms with Crippen molar-refractivity contribution in [3.63, 3.8) is 0 Å². The van der Waals surface area contributed by atoms with E-state index >= 15 is 0 Å². The van der Waals surface area contributed by atoms with Gasteiger partial charge in [-0.25, -0.2) is 9.59 Å². The lowest BCUT2D eigenvalue weighted by Crippen LogP contribution is -2.50. The molecule has 1 aliphatic rings. The highest BCUT2D eigenvalue weighted by molar-refractivity contribution is 6.04. The highest BCUT2D eigenvalue weighted by Gasteiger charge is 2.26. The van der Waals surface area contributed by atoms with Crippen LogP contribution in [0.25, 0.3) is 0 Å². The van der Waals surface area contributed by atoms with Crippen molar-refractivity contribution in [2.45, 2.75) is 46.3 Å². The lowest BCUT2D eigenvalue weighted by molar-refractivity contribution is -0.150. The van der Waals surface area contributed by atoms with Gasteiger partial charge in [-0.15, -0.1) is 0 Å². The molecule has 1 fully saturated rings. The molecular formula is C27H35N3O6. The zero-order valence-corrected chi connectivity index (χ0v) is 21.6. The van der Waals surface area contributed by atoms with Gasteiger partial charge in [-0.2, -0.15) is 0 Å². The Morgan fingerprint density at radius 3 is 2.11 bits per heavy atom. The van der Waals surface area contributed by atoms with E-state index in [-0.39, 0.29) is 12.0 Å². The van der Waals surface area contributed by atoms with Crippen molar-refractivity contribution in [1.82, 2.24) is 4.90 Å². The number of nitrogens with zero attached hydrogens (tertiary/aromatic N) is 2. The zero-order chi connectivity index (χ0) is 26.3. The van der Waals surface area contributed by atoms with E-state index in [0.29, 0.717) is 49.8 Å². The van der Waals surface area contributed by atoms with Crippen molar-refractivity contribution in [1.29, 1.82) is 0 Å². The molecule has 36 heavy (non-hydrogen) atoms. The van der Waals surface area contributed by atoms with Gasteiger partial charge >= 0.3 is 12.1 Å². The fraction of sp³-hybridized carbons (Fsp3) is 0.444. The molecular weight excluding hydrogens is 462 g/mol. The lowest BCUT2D eigenvalue weighted by Gasteiger charge is -2.36. The molecule has 0 aliphatic carbocycles. The first-order chi connectivity index (χ1) is 17.1. The number of carbonyl (C=O) groups is 3. The van der Waals surface area contributed by atoms with E-state index in [2.05, 4.69) is 10.2 Å². The summed E-state index contributed by atoms with van der Waals surface area (Å²) in [4.78, 5) is 40.5. The summed E-state index contributed by atoms with van der Waals surface area (Å²) in [5, 5.41) is 2.86. The Labute approximate surface area is 212 Å². The number of rotatable bonds is 7. The second-order valence-electron chi connectivity index (χ2n) is 9.49. The van der Waals surface area contributed by atoms with Crippen molar-refractivity contribution < 1.29 is 28.6 Å². The van der Waals surface area contributed by atoms with Gasteiger partial charge in [0.2, 0.25) is 0 Å². The van der Waals surface area contributed by atoms with Gasteiger partial charge in [-0.05, 0) is 83.1 Å². The number of ether oxygens (including phenoxy) is 3. The minimum absolute atomic E-state index is 0.232. The molecule has 194 valence electrons. The van der Waals surface area contributed by atoms with Gasteiger partial charge in [-0.3, -0.25) is 4.79 Å². The molecule has 0 bridgehead atoms. The van der Waals surface area contributed by atoms with E-state index in [1.165, 1.54) is 0 Å². The van der Waals surface area contributed by atoms with E-state index < -0.39 is 17.7 Å². The summed E-state index contributed by atoms with van der Waals surface area (Å²) in [6.07, 6.45) is -1.01. The first-order valence-corrected chi connectivity index (χ1v) is 12.1. The Hall–Kier alpha value is -3.75. The molecule has 9 heteroatoms. The molecule has 0 radical (unpaired) electrons. The van der Waals surface area contributed by atoms with E-state index in [4.69, 9.17) is 14.2 Å². The maximum absolute atomic E-state index is 12.7. The topological polar surface area (TPSA) is 97.4 Å². The molecule has 0 saturated carbocycles. The third-order valence-corrected chi connectivity index (χ3v) is 5.47. The summed E-state index contributed by atoms with van der Waals surface area (Å²) in [6, 6.07) is 14.2. The number of esters is 1. The monoisotopic (exact) mass is 497 g/mol. The van der Waals surface area contributed by atoms with Gasteiger partial charge in [0.25, 0.3) is 5.91 Å². The second-order valence-corrected chi connectivity index (χ2v) is 9.49. The van der Waals surface area contributed by atoms with Crippen LogP contribution in [-0.2, 0) is 14.3 Å². The maximum atomic E-state index is 12.7. The zero-order valence-electron chi connectivity index (χ0n) is 21.6. The summed E-state index contributed by atoms with van der Waals surface area (Å²) in [7, 11) is 0. The molecule has 1 saturated heterocycles. The quantitative estimate of drug-likeness (QED) is 0.569. The van der Waals surface area contributed by atoms with E-state index in [1.54, 1.807) is 55.1 Å². The number of hydrogen-bond donors (Lipinski definition) is 1. The van der Waals surface area contributed by atoms with Crippen LogP contribution in [0.5, 0.6) is 5.75 Å². The van der Waals surface area contributed by atoms with Gasteiger partial charge in [-0.1, -0.05) is 0 Å². The molecule has 2 aromatic carbocycles. The van der Waals surface area contributed by atoms with Crippen molar-refractivity contribution in [3.8, 4) is 5.75 Å². The van der Waals surface area contributed by atoms with Crippen molar-refractivity contribution in [3.05, 3.63) is 54.1 Å². The average Bonchev–Trinajstić information content (AvgIpc) is 2.84. The molecule has 2 aromatic rings. The normalized spacial score (nSPS) is 14.6. The third-order valence-electron chi connectivity index (χ3n) is 5.47. The number of amides is 2. The molecule has 1 unspecified atom stereocenters. The summed E-state index contributed by atoms with van der Waals surface area (Å²) in [6.45, 7) is 11.8. The summed E-state index contributed by atoms with van der Waals surface area (Å²) in [5.74, 6) is -0.155. The third kappa shape index (κ3) is 7.63. The number of carbonyl (C=O) groups excluding carboxylic acids is 3. The van der Waals surface area contributed by atoms with Gasteiger partial charge in [0.05, 0.1) is 6.61 Å². The summed E-state index contributed by atoms with van der Waals surface area (Å²) >= 11 is 0. The second kappa shape index (κ2) is 11.8. The van der Waals surface area contributed by atoms with Gasteiger partial charge < -0.3 is 29.3 Å². The number of piperazine rings is 1. The lowest BCUT2D eigenvalue weighted by atomic mass is 10.1. The fourth-order valence-corrected chi connectivity index (χ4v) is 3.63. The number of anilines is 2. The van der Waals surface area contributed by atoms with E-state index in [9.17, 15) is 14.4 Å². The Kier molecular flexibility index (Phi) is 8.79. The van der Waals surface area contributed by atoms with Crippen LogP contribution < -0.4 is 15.0 Å². The molecule has 1 N–H and O–H groups in total. The molecule has 1 atom stereocenters. The average molecular weight is 498 g/mol. The highest BCUT2D eigenvalue weighted by atomic mass is 16.6. The van der Waals surface area contributed by atoms with Crippen molar-refractivity contribution >= 4 is 29.3 Å². The van der Waals surface area contributed by atoms with Crippen LogP contribution in [0, 0.1) is 0 Å². The van der Waals surface area contributed by atoms with Gasteiger partial charge in [0.1, 0.15) is 11.4 Å². The van der Waals surface area contributed by atoms with Crippen LogP contribution in [-0.4, -0.2) is 67.4 Å². The molecule has 0 spiro atoms. The number of nitrogens with one attached hydrogen (secondary N) is 1. The first-order valence-electron chi connectivity index (χ1n) is 12.1. The Morgan fingerprint density at radius 2 is 1.56 bits per heavy atom. The Bertz CT molecular complexity index is 1040. The number of benzene rings is 2. The minimum Gasteiger partial charge on any atom is -0.479 e. The van der Waals surface area contributed by atoms with Crippen molar-refractivity contribution in [2.24, 2.45) is 0 Å². The molecule has 2 amide bonds. The largest absolute Gasteiger partial charge is 0.479 e. The SMILES string of the molecule is CCOC(=O)C(C)Oc1ccc(NC(=O)c2ccc(N3CCN(C(=O)OC(C)(C)C)CC3)cc2)cc1. The predicted molar refractivity (Wildman–Crippen MR) is 138 cm³/mol. The van der Waals surface area contributed by atoms with Crippen LogP contribution in [0.1, 0.15) is 45.0 Å². The summed E-state index contributed by atoms with van der Waals surface area (Å²) < 4.78 is 15.9. The molecule has 0 aromatic heterocycles. The number of hydrogen-bond acceptors (Lipinski definition) is 7. The van der Waals surface area contributed by atoms with Crippen molar-refractivity contribution in [2.75, 3.05) is 43.0 Å². The summed E-state index contributed by atoms with van der Waals surface area (Å²) in [5.41, 5.74) is 1.62. The highest BCUT2D eigenvalue weighted by Crippen LogP contribution is 2.21. The maximum Gasteiger partial charge on any atom is 0.410 e. The first kappa shape index (κ1) is 26.8. The molecule has 1 aliphatic heterocycles.